The summed E-state index contributed by atoms with van der Waals surface area (Å²) in [5.74, 6) is -2.17. The highest BCUT2D eigenvalue weighted by Gasteiger charge is 2.48. The van der Waals surface area contributed by atoms with E-state index in [4.69, 9.17) is 11.6 Å². The highest BCUT2D eigenvalue weighted by molar-refractivity contribution is 8.00. The van der Waals surface area contributed by atoms with E-state index in [9.17, 15) is 19.1 Å². The third-order valence-electron chi connectivity index (χ3n) is 6.89. The zero-order chi connectivity index (χ0) is 28.7. The molecule has 0 saturated carbocycles. The maximum absolute atomic E-state index is 14.4. The first-order valence-electron chi connectivity index (χ1n) is 12.6. The second kappa shape index (κ2) is 11.1. The first-order valence-corrected chi connectivity index (χ1v) is 14.8. The lowest BCUT2D eigenvalue weighted by molar-refractivity contribution is -0.132. The topological polar surface area (TPSA) is 83.4 Å². The van der Waals surface area contributed by atoms with E-state index in [2.05, 4.69) is 34.5 Å². The van der Waals surface area contributed by atoms with Gasteiger partial charge in [-0.15, -0.1) is 10.2 Å². The standard InChI is InChI=1S/C31H21ClFN3O3S2/c1-17-12-13-20(15-24(17)33)27(37)25-26(19-8-5-10-22(32)14-19)36(29(39)28(25)38)30-34-35-31(41-30)40-16-21-9-4-7-18-6-2-3-11-23(18)21/h2-15,26,37H,16H2,1H3/t26-/m0/s1. The molecule has 204 valence electrons. The maximum atomic E-state index is 14.4. The molecule has 41 heavy (non-hydrogen) atoms. The van der Waals surface area contributed by atoms with Crippen LogP contribution in [-0.2, 0) is 15.3 Å². The second-order valence-corrected chi connectivity index (χ2v) is 12.1. The average Bonchev–Trinajstić information content (AvgIpc) is 3.54. The van der Waals surface area contributed by atoms with E-state index in [1.807, 2.05) is 18.2 Å². The molecule has 5 aromatic rings. The average molecular weight is 602 g/mol. The number of carbonyl (C=O) groups excluding carboxylic acids is 2. The molecule has 6 rings (SSSR count). The van der Waals surface area contributed by atoms with Crippen LogP contribution in [0.4, 0.5) is 9.52 Å². The van der Waals surface area contributed by atoms with Crippen molar-refractivity contribution in [2.45, 2.75) is 23.1 Å². The fourth-order valence-corrected chi connectivity index (χ4v) is 6.90. The molecule has 1 fully saturated rings. The highest BCUT2D eigenvalue weighted by Crippen LogP contribution is 2.44. The van der Waals surface area contributed by atoms with Gasteiger partial charge in [0, 0.05) is 16.3 Å². The van der Waals surface area contributed by atoms with Crippen LogP contribution < -0.4 is 4.90 Å². The van der Waals surface area contributed by atoms with E-state index >= 15 is 0 Å². The Kier molecular flexibility index (Phi) is 7.33. The largest absolute Gasteiger partial charge is 0.507 e. The number of nitrogens with zero attached hydrogens (tertiary/aromatic N) is 3. The number of hydrogen-bond donors (Lipinski definition) is 1. The fourth-order valence-electron chi connectivity index (χ4n) is 4.83. The van der Waals surface area contributed by atoms with Crippen LogP contribution in [0.5, 0.6) is 0 Å². The molecular formula is C31H21ClFN3O3S2. The molecule has 4 aromatic carbocycles. The van der Waals surface area contributed by atoms with Gasteiger partial charge in [0.05, 0.1) is 11.6 Å². The molecule has 6 nitrogen and oxygen atoms in total. The number of aromatic nitrogens is 2. The quantitative estimate of drug-likeness (QED) is 0.0705. The summed E-state index contributed by atoms with van der Waals surface area (Å²) in [6.07, 6.45) is 0. The van der Waals surface area contributed by atoms with Gasteiger partial charge in [-0.25, -0.2) is 4.39 Å². The summed E-state index contributed by atoms with van der Waals surface area (Å²) in [5.41, 5.74) is 1.92. The number of anilines is 1. The molecule has 1 aromatic heterocycles. The molecule has 0 bridgehead atoms. The van der Waals surface area contributed by atoms with Crippen LogP contribution in [0.1, 0.15) is 28.3 Å². The minimum atomic E-state index is -1.04. The third-order valence-corrected chi connectivity index (χ3v) is 9.23. The van der Waals surface area contributed by atoms with Crippen molar-refractivity contribution >= 4 is 68.1 Å². The first-order chi connectivity index (χ1) is 19.8. The molecule has 10 heteroatoms. The Morgan fingerprint density at radius 3 is 2.61 bits per heavy atom. The van der Waals surface area contributed by atoms with Crippen molar-refractivity contribution in [3.8, 4) is 0 Å². The third kappa shape index (κ3) is 5.12. The van der Waals surface area contributed by atoms with Crippen LogP contribution in [0.25, 0.3) is 16.5 Å². The van der Waals surface area contributed by atoms with Gasteiger partial charge in [0.1, 0.15) is 11.6 Å². The van der Waals surface area contributed by atoms with E-state index < -0.39 is 29.3 Å². The van der Waals surface area contributed by atoms with Crippen molar-refractivity contribution in [2.24, 2.45) is 0 Å². The summed E-state index contributed by atoms with van der Waals surface area (Å²) in [5, 5.41) is 22.6. The van der Waals surface area contributed by atoms with E-state index in [0.717, 1.165) is 22.4 Å². The molecule has 1 amide bonds. The van der Waals surface area contributed by atoms with Crippen molar-refractivity contribution in [1.82, 2.24) is 10.2 Å². The lowest BCUT2D eigenvalue weighted by atomic mass is 9.95. The molecule has 0 radical (unpaired) electrons. The zero-order valence-electron chi connectivity index (χ0n) is 21.5. The van der Waals surface area contributed by atoms with Gasteiger partial charge >= 0.3 is 5.91 Å². The Balaban J connectivity index is 1.38. The molecule has 1 aliphatic heterocycles. The molecule has 1 atom stereocenters. The number of hydrogen-bond acceptors (Lipinski definition) is 7. The van der Waals surface area contributed by atoms with Crippen LogP contribution >= 0.6 is 34.7 Å². The Hall–Kier alpha value is -4.05. The number of carbonyl (C=O) groups is 2. The van der Waals surface area contributed by atoms with E-state index in [1.54, 1.807) is 31.2 Å². The van der Waals surface area contributed by atoms with Gasteiger partial charge in [-0.2, -0.15) is 0 Å². The lowest BCUT2D eigenvalue weighted by Gasteiger charge is -2.22. The summed E-state index contributed by atoms with van der Waals surface area (Å²) in [7, 11) is 0. The van der Waals surface area contributed by atoms with Crippen LogP contribution in [0.15, 0.2) is 94.8 Å². The first kappa shape index (κ1) is 27.1. The van der Waals surface area contributed by atoms with Gasteiger partial charge in [0.25, 0.3) is 5.78 Å². The van der Waals surface area contributed by atoms with Gasteiger partial charge in [0.2, 0.25) is 5.13 Å². The normalized spacial score (nSPS) is 16.6. The van der Waals surface area contributed by atoms with Gasteiger partial charge in [0.15, 0.2) is 4.34 Å². The predicted molar refractivity (Wildman–Crippen MR) is 161 cm³/mol. The Morgan fingerprint density at radius 2 is 1.80 bits per heavy atom. The van der Waals surface area contributed by atoms with E-state index in [1.165, 1.54) is 40.1 Å². The summed E-state index contributed by atoms with van der Waals surface area (Å²) in [6.45, 7) is 1.59. The molecule has 0 unspecified atom stereocenters. The number of Topliss-reactive ketones (excluding diaryl/α,β-unsaturated/α-hetero) is 1. The molecule has 0 aliphatic carbocycles. The summed E-state index contributed by atoms with van der Waals surface area (Å²) in [4.78, 5) is 28.0. The minimum absolute atomic E-state index is 0.0849. The minimum Gasteiger partial charge on any atom is -0.507 e. The number of aliphatic hydroxyl groups excluding tert-OH is 1. The number of benzene rings is 4. The van der Waals surface area contributed by atoms with Crippen molar-refractivity contribution < 1.29 is 19.1 Å². The molecule has 1 saturated heterocycles. The number of rotatable bonds is 6. The Labute approximate surface area is 248 Å². The summed E-state index contributed by atoms with van der Waals surface area (Å²) >= 11 is 8.92. The van der Waals surface area contributed by atoms with E-state index in [-0.39, 0.29) is 16.3 Å². The molecule has 1 N–H and O–H groups in total. The van der Waals surface area contributed by atoms with E-state index in [0.29, 0.717) is 26.2 Å². The monoisotopic (exact) mass is 601 g/mol. The van der Waals surface area contributed by atoms with Gasteiger partial charge in [-0.05, 0) is 52.6 Å². The number of thioether (sulfide) groups is 1. The van der Waals surface area contributed by atoms with Crippen LogP contribution in [0, 0.1) is 12.7 Å². The van der Waals surface area contributed by atoms with Crippen molar-refractivity contribution in [3.05, 3.63) is 124 Å². The highest BCUT2D eigenvalue weighted by atomic mass is 35.5. The van der Waals surface area contributed by atoms with Crippen molar-refractivity contribution in [3.63, 3.8) is 0 Å². The van der Waals surface area contributed by atoms with Crippen molar-refractivity contribution in [2.75, 3.05) is 4.90 Å². The summed E-state index contributed by atoms with van der Waals surface area (Å²) < 4.78 is 15.0. The van der Waals surface area contributed by atoms with Crippen LogP contribution in [0.2, 0.25) is 5.02 Å². The number of aryl methyl sites for hydroxylation is 1. The number of ketones is 1. The molecular weight excluding hydrogens is 581 g/mol. The number of fused-ring (bicyclic) bond motifs is 1. The number of aliphatic hydroxyl groups is 1. The number of amides is 1. The lowest BCUT2D eigenvalue weighted by Crippen LogP contribution is -2.29. The Morgan fingerprint density at radius 1 is 1.02 bits per heavy atom. The SMILES string of the molecule is Cc1ccc(C(O)=C2C(=O)C(=O)N(c3nnc(SCc4cccc5ccccc45)s3)[C@H]2c2cccc(Cl)c2)cc1F. The van der Waals surface area contributed by atoms with Crippen LogP contribution in [-0.4, -0.2) is 27.0 Å². The van der Waals surface area contributed by atoms with Gasteiger partial charge in [-0.1, -0.05) is 101 Å². The molecule has 0 spiro atoms. The Bertz CT molecular complexity index is 1870. The van der Waals surface area contributed by atoms with Gasteiger partial charge < -0.3 is 5.11 Å². The molecule has 1 aliphatic rings. The van der Waals surface area contributed by atoms with Gasteiger partial charge in [-0.3, -0.25) is 14.5 Å². The summed E-state index contributed by atoms with van der Waals surface area (Å²) in [6, 6.07) is 24.0. The smallest absolute Gasteiger partial charge is 0.301 e. The zero-order valence-corrected chi connectivity index (χ0v) is 23.9. The fraction of sp³-hybridized carbons (Fsp3) is 0.0968. The predicted octanol–water partition coefficient (Wildman–Crippen LogP) is 7.71. The van der Waals surface area contributed by atoms with Crippen LogP contribution in [0.3, 0.4) is 0 Å². The second-order valence-electron chi connectivity index (χ2n) is 9.47. The molecule has 2 heterocycles. The van der Waals surface area contributed by atoms with Crippen molar-refractivity contribution in [1.29, 1.82) is 0 Å². The maximum Gasteiger partial charge on any atom is 0.301 e. The number of halogens is 2.